The lowest BCUT2D eigenvalue weighted by Gasteiger charge is -2.35. The van der Waals surface area contributed by atoms with Crippen molar-refractivity contribution in [2.75, 3.05) is 17.6 Å². The Balaban J connectivity index is 1.53. The summed E-state index contributed by atoms with van der Waals surface area (Å²) in [5, 5.41) is 12.4. The first-order valence-corrected chi connectivity index (χ1v) is 10.6. The Morgan fingerprint density at radius 2 is 2.28 bits per heavy atom. The molecule has 25 heavy (non-hydrogen) atoms. The van der Waals surface area contributed by atoms with Gasteiger partial charge >= 0.3 is 0 Å². The van der Waals surface area contributed by atoms with Crippen LogP contribution < -0.4 is 5.32 Å². The zero-order chi connectivity index (χ0) is 17.6. The Kier molecular flexibility index (Phi) is 6.31. The van der Waals surface area contributed by atoms with Crippen LogP contribution in [-0.2, 0) is 4.79 Å². The molecule has 1 N–H and O–H groups in total. The van der Waals surface area contributed by atoms with Crippen LogP contribution in [0, 0.1) is 6.92 Å². The number of benzene rings is 1. The molecule has 0 spiro atoms. The molecule has 7 heteroatoms. The maximum Gasteiger partial charge on any atom is 0.233 e. The number of thioether (sulfide) groups is 1. The average molecular weight is 377 g/mol. The van der Waals surface area contributed by atoms with E-state index in [0.29, 0.717) is 11.8 Å². The first-order valence-electron chi connectivity index (χ1n) is 8.75. The van der Waals surface area contributed by atoms with Crippen molar-refractivity contribution in [3.05, 3.63) is 29.8 Å². The van der Waals surface area contributed by atoms with E-state index in [9.17, 15) is 4.79 Å². The van der Waals surface area contributed by atoms with Crippen LogP contribution in [0.15, 0.2) is 28.6 Å². The summed E-state index contributed by atoms with van der Waals surface area (Å²) in [5.74, 6) is 0.662. The minimum absolute atomic E-state index is 0.222. The Bertz CT molecular complexity index is 719. The Hall–Kier alpha value is -1.60. The third-order valence-corrected chi connectivity index (χ3v) is 6.37. The lowest BCUT2D eigenvalue weighted by molar-refractivity contribution is -0.132. The molecule has 1 unspecified atom stereocenters. The minimum Gasteiger partial charge on any atom is -0.339 e. The molecule has 1 aliphatic rings. The van der Waals surface area contributed by atoms with E-state index in [0.717, 1.165) is 41.0 Å². The molecule has 0 saturated carbocycles. The van der Waals surface area contributed by atoms with Crippen molar-refractivity contribution in [2.24, 2.45) is 0 Å². The van der Waals surface area contributed by atoms with E-state index in [1.54, 1.807) is 0 Å². The van der Waals surface area contributed by atoms with Crippen LogP contribution >= 0.6 is 23.1 Å². The van der Waals surface area contributed by atoms with Crippen molar-refractivity contribution in [1.29, 1.82) is 0 Å². The Morgan fingerprint density at radius 3 is 3.08 bits per heavy atom. The summed E-state index contributed by atoms with van der Waals surface area (Å²) in [7, 11) is 0. The molecule has 1 fully saturated rings. The minimum atomic E-state index is 0.222. The second-order valence-corrected chi connectivity index (χ2v) is 8.50. The highest BCUT2D eigenvalue weighted by atomic mass is 32.2. The number of hydrogen-bond acceptors (Lipinski definition) is 6. The fourth-order valence-corrected chi connectivity index (χ4v) is 4.78. The Labute approximate surface area is 157 Å². The maximum absolute atomic E-state index is 12.5. The molecule has 1 amide bonds. The Morgan fingerprint density at radius 1 is 1.40 bits per heavy atom. The number of anilines is 2. The van der Waals surface area contributed by atoms with E-state index in [-0.39, 0.29) is 5.91 Å². The number of hydrogen-bond donors (Lipinski definition) is 1. The van der Waals surface area contributed by atoms with Gasteiger partial charge in [-0.3, -0.25) is 4.79 Å². The molecule has 1 aliphatic heterocycles. The quantitative estimate of drug-likeness (QED) is 0.754. The standard InChI is InChI=1S/C18H24N4OS2/c1-3-15-9-4-5-10-22(15)16(23)12-24-18-21-20-17(25-18)19-14-8-6-7-13(2)11-14/h6-8,11,15H,3-5,9-10,12H2,1-2H3,(H,19,20). The van der Waals surface area contributed by atoms with Crippen molar-refractivity contribution in [3.8, 4) is 0 Å². The van der Waals surface area contributed by atoms with Crippen LogP contribution in [0.25, 0.3) is 0 Å². The third-order valence-electron chi connectivity index (χ3n) is 4.41. The summed E-state index contributed by atoms with van der Waals surface area (Å²) in [6.45, 7) is 5.12. The topological polar surface area (TPSA) is 58.1 Å². The van der Waals surface area contributed by atoms with E-state index in [1.807, 2.05) is 12.1 Å². The third kappa shape index (κ3) is 4.95. The van der Waals surface area contributed by atoms with E-state index in [1.165, 1.54) is 35.1 Å². The highest BCUT2D eigenvalue weighted by molar-refractivity contribution is 8.01. The number of aryl methyl sites for hydroxylation is 1. The van der Waals surface area contributed by atoms with Crippen LogP contribution in [0.2, 0.25) is 0 Å². The average Bonchev–Trinajstić information content (AvgIpc) is 3.07. The monoisotopic (exact) mass is 376 g/mol. The number of piperidine rings is 1. The number of rotatable bonds is 6. The van der Waals surface area contributed by atoms with Crippen molar-refractivity contribution in [3.63, 3.8) is 0 Å². The van der Waals surface area contributed by atoms with Crippen LogP contribution in [-0.4, -0.2) is 39.3 Å². The fraction of sp³-hybridized carbons (Fsp3) is 0.500. The smallest absolute Gasteiger partial charge is 0.233 e. The van der Waals surface area contributed by atoms with Crippen LogP contribution in [0.5, 0.6) is 0 Å². The normalized spacial score (nSPS) is 17.5. The van der Waals surface area contributed by atoms with E-state index in [4.69, 9.17) is 0 Å². The number of nitrogens with zero attached hydrogens (tertiary/aromatic N) is 3. The second kappa shape index (κ2) is 8.67. The zero-order valence-electron chi connectivity index (χ0n) is 14.7. The van der Waals surface area contributed by atoms with Crippen LogP contribution in [0.4, 0.5) is 10.8 Å². The highest BCUT2D eigenvalue weighted by Gasteiger charge is 2.25. The van der Waals surface area contributed by atoms with Crippen LogP contribution in [0.1, 0.15) is 38.2 Å². The SMILES string of the molecule is CCC1CCCCN1C(=O)CSc1nnc(Nc2cccc(C)c2)s1. The van der Waals surface area contributed by atoms with Crippen molar-refractivity contribution in [2.45, 2.75) is 49.9 Å². The molecule has 1 atom stereocenters. The lowest BCUT2D eigenvalue weighted by Crippen LogP contribution is -2.44. The molecule has 0 bridgehead atoms. The molecule has 2 heterocycles. The van der Waals surface area contributed by atoms with Crippen molar-refractivity contribution in [1.82, 2.24) is 15.1 Å². The molecule has 3 rings (SSSR count). The van der Waals surface area contributed by atoms with Gasteiger partial charge in [0, 0.05) is 18.3 Å². The van der Waals surface area contributed by atoms with E-state index in [2.05, 4.69) is 46.4 Å². The van der Waals surface area contributed by atoms with E-state index >= 15 is 0 Å². The van der Waals surface area contributed by atoms with Crippen molar-refractivity contribution < 1.29 is 4.79 Å². The molecule has 134 valence electrons. The number of carbonyl (C=O) groups is 1. The van der Waals surface area contributed by atoms with E-state index < -0.39 is 0 Å². The van der Waals surface area contributed by atoms with Gasteiger partial charge < -0.3 is 10.2 Å². The van der Waals surface area contributed by atoms with Gasteiger partial charge in [0.05, 0.1) is 5.75 Å². The first-order chi connectivity index (χ1) is 12.2. The molecule has 1 aromatic heterocycles. The fourth-order valence-electron chi connectivity index (χ4n) is 3.12. The number of amides is 1. The number of carbonyl (C=O) groups excluding carboxylic acids is 1. The number of aromatic nitrogens is 2. The van der Waals surface area contributed by atoms with Gasteiger partial charge in [-0.1, -0.05) is 42.2 Å². The van der Waals surface area contributed by atoms with Gasteiger partial charge in [0.2, 0.25) is 11.0 Å². The summed E-state index contributed by atoms with van der Waals surface area (Å²) < 4.78 is 0.827. The maximum atomic E-state index is 12.5. The van der Waals surface area contributed by atoms with Gasteiger partial charge in [-0.05, 0) is 50.3 Å². The predicted octanol–water partition coefficient (Wildman–Crippen LogP) is 4.47. The molecule has 2 aromatic rings. The van der Waals surface area contributed by atoms with Gasteiger partial charge in [0.25, 0.3) is 0 Å². The largest absolute Gasteiger partial charge is 0.339 e. The highest BCUT2D eigenvalue weighted by Crippen LogP contribution is 2.29. The van der Waals surface area contributed by atoms with Gasteiger partial charge in [-0.25, -0.2) is 0 Å². The zero-order valence-corrected chi connectivity index (χ0v) is 16.3. The molecule has 1 aromatic carbocycles. The second-order valence-electron chi connectivity index (χ2n) is 6.30. The van der Waals surface area contributed by atoms with Crippen LogP contribution in [0.3, 0.4) is 0 Å². The first kappa shape index (κ1) is 18.2. The molecular formula is C18H24N4OS2. The number of likely N-dealkylation sites (tertiary alicyclic amines) is 1. The molecule has 1 saturated heterocycles. The van der Waals surface area contributed by atoms with Crippen molar-refractivity contribution >= 4 is 39.8 Å². The summed E-state index contributed by atoms with van der Waals surface area (Å²) >= 11 is 2.97. The summed E-state index contributed by atoms with van der Waals surface area (Å²) in [5.41, 5.74) is 2.20. The van der Waals surface area contributed by atoms with Gasteiger partial charge in [0.15, 0.2) is 4.34 Å². The molecular weight excluding hydrogens is 352 g/mol. The summed E-state index contributed by atoms with van der Waals surface area (Å²) in [4.78, 5) is 14.6. The molecule has 0 aliphatic carbocycles. The summed E-state index contributed by atoms with van der Waals surface area (Å²) in [6, 6.07) is 8.55. The lowest BCUT2D eigenvalue weighted by atomic mass is 10.0. The van der Waals surface area contributed by atoms with Gasteiger partial charge in [-0.2, -0.15) is 0 Å². The number of nitrogens with one attached hydrogen (secondary N) is 1. The van der Waals surface area contributed by atoms with Gasteiger partial charge in [-0.15, -0.1) is 10.2 Å². The molecule has 0 radical (unpaired) electrons. The summed E-state index contributed by atoms with van der Waals surface area (Å²) in [6.07, 6.45) is 4.53. The predicted molar refractivity (Wildman–Crippen MR) is 105 cm³/mol. The molecule has 5 nitrogen and oxygen atoms in total. The van der Waals surface area contributed by atoms with Gasteiger partial charge in [0.1, 0.15) is 0 Å².